The number of allylic oxidation sites excluding steroid dienone is 2. The molecule has 6 aromatic rings. The van der Waals surface area contributed by atoms with Gasteiger partial charge in [0.25, 0.3) is 0 Å². The zero-order valence-corrected chi connectivity index (χ0v) is 33.8. The van der Waals surface area contributed by atoms with E-state index in [0.717, 1.165) is 64.3 Å². The molecule has 6 heteroatoms. The first-order valence-corrected chi connectivity index (χ1v) is 18.1. The van der Waals surface area contributed by atoms with Crippen molar-refractivity contribution in [1.82, 2.24) is 4.98 Å². The number of nitrogens with zero attached hydrogens (tertiary/aromatic N) is 1. The first-order valence-electron chi connectivity index (χ1n) is 17.3. The molecule has 0 aliphatic carbocycles. The Labute approximate surface area is 309 Å². The summed E-state index contributed by atoms with van der Waals surface area (Å²) in [5.74, 6) is 0.286. The topological polar surface area (TPSA) is 63.3 Å². The van der Waals surface area contributed by atoms with Crippen LogP contribution >= 0.6 is 11.3 Å². The predicted molar refractivity (Wildman–Crippen MR) is 205 cm³/mol. The third-order valence-corrected chi connectivity index (χ3v) is 11.6. The third-order valence-electron chi connectivity index (χ3n) is 10.6. The van der Waals surface area contributed by atoms with E-state index in [1.54, 1.807) is 11.3 Å². The summed E-state index contributed by atoms with van der Waals surface area (Å²) in [5.41, 5.74) is 4.31. The smallest absolute Gasteiger partial charge is 0.164 e. The number of fused-ring (bicyclic) bond motifs is 6. The van der Waals surface area contributed by atoms with E-state index < -0.39 is 0 Å². The second kappa shape index (κ2) is 14.9. The number of thiophene rings is 1. The molecular formula is C43H50IrNO3S-. The third kappa shape index (κ3) is 7.43. The van der Waals surface area contributed by atoms with Crippen LogP contribution in [0.5, 0.6) is 0 Å². The fourth-order valence-corrected chi connectivity index (χ4v) is 7.18. The van der Waals surface area contributed by atoms with Crippen molar-refractivity contribution in [2.75, 3.05) is 0 Å². The number of rotatable bonds is 8. The zero-order valence-electron chi connectivity index (χ0n) is 30.6. The number of aromatic nitrogens is 1. The molecule has 0 atom stereocenters. The number of carbonyl (C=O) groups is 1. The summed E-state index contributed by atoms with van der Waals surface area (Å²) in [6.45, 7) is 21.0. The monoisotopic (exact) mass is 853 g/mol. The normalized spacial score (nSPS) is 12.7. The molecule has 3 aromatic carbocycles. The van der Waals surface area contributed by atoms with Crippen molar-refractivity contribution in [2.24, 2.45) is 10.8 Å². The quantitative estimate of drug-likeness (QED) is 0.0941. The van der Waals surface area contributed by atoms with Crippen LogP contribution in [0.3, 0.4) is 0 Å². The summed E-state index contributed by atoms with van der Waals surface area (Å²) < 4.78 is 7.78. The van der Waals surface area contributed by atoms with Crippen LogP contribution in [0, 0.1) is 23.8 Å². The standard InChI is InChI=1S/C28H22NOS.C15H28O2.Ir/c1-16-13-22-24(31-16)10-9-20-21-11-12-29-25(27(21)30-26(20)22)18-14-17-7-5-6-8-19(17)23(15-18)28(2,3)4;1-7-14(5,8-2)12(16)11-13(17)15(6,9-3)10-4;/h5-13,15H,1-4H3;11,16H,7-10H2,1-6H3;/q-1;;/b;12-11-;. The first kappa shape index (κ1) is 38.5. The Morgan fingerprint density at radius 1 is 0.837 bits per heavy atom. The van der Waals surface area contributed by atoms with Gasteiger partial charge >= 0.3 is 0 Å². The number of aryl methyl sites for hydroxylation is 1. The number of aliphatic hydroxyl groups excluding tert-OH is 1. The van der Waals surface area contributed by atoms with E-state index in [-0.39, 0.29) is 47.9 Å². The van der Waals surface area contributed by atoms with Crippen LogP contribution in [-0.4, -0.2) is 15.9 Å². The summed E-state index contributed by atoms with van der Waals surface area (Å²) in [5, 5.41) is 15.9. The second-order valence-corrected chi connectivity index (χ2v) is 16.0. The van der Waals surface area contributed by atoms with Crippen molar-refractivity contribution in [3.8, 4) is 11.3 Å². The molecule has 4 nitrogen and oxygen atoms in total. The molecule has 0 aliphatic heterocycles. The van der Waals surface area contributed by atoms with Crippen molar-refractivity contribution in [1.29, 1.82) is 0 Å². The van der Waals surface area contributed by atoms with E-state index in [9.17, 15) is 9.90 Å². The number of furan rings is 1. The number of carbonyl (C=O) groups excluding carboxylic acids is 1. The number of pyridine rings is 1. The van der Waals surface area contributed by atoms with Gasteiger partial charge in [0.15, 0.2) is 5.78 Å². The Bertz CT molecular complexity index is 2140. The second-order valence-electron chi connectivity index (χ2n) is 14.7. The van der Waals surface area contributed by atoms with Gasteiger partial charge in [0.2, 0.25) is 0 Å². The van der Waals surface area contributed by atoms with E-state index in [2.05, 4.69) is 88.4 Å². The first-order chi connectivity index (χ1) is 22.7. The molecule has 3 heterocycles. The molecule has 0 fully saturated rings. The molecule has 0 aliphatic rings. The molecular weight excluding hydrogens is 803 g/mol. The van der Waals surface area contributed by atoms with Crippen molar-refractivity contribution in [2.45, 2.75) is 100 Å². The molecule has 0 saturated carbocycles. The van der Waals surface area contributed by atoms with Gasteiger partial charge in [-0.2, -0.15) is 0 Å². The Morgan fingerprint density at radius 3 is 2.10 bits per heavy atom. The minimum atomic E-state index is -0.337. The number of aliphatic hydroxyl groups is 1. The Kier molecular flexibility index (Phi) is 11.7. The Hall–Kier alpha value is -3.31. The van der Waals surface area contributed by atoms with Gasteiger partial charge in [0.05, 0.1) is 0 Å². The molecule has 0 saturated heterocycles. The molecule has 1 radical (unpaired) electrons. The van der Waals surface area contributed by atoms with Crippen molar-refractivity contribution >= 4 is 59.9 Å². The summed E-state index contributed by atoms with van der Waals surface area (Å²) >= 11 is 1.80. The summed E-state index contributed by atoms with van der Waals surface area (Å²) in [7, 11) is 0. The van der Waals surface area contributed by atoms with E-state index in [1.807, 2.05) is 47.7 Å². The van der Waals surface area contributed by atoms with Crippen LogP contribution in [0.15, 0.2) is 77.0 Å². The molecule has 261 valence electrons. The van der Waals surface area contributed by atoms with Gasteiger partial charge in [-0.1, -0.05) is 91.5 Å². The maximum Gasteiger partial charge on any atom is 0.164 e. The fraction of sp³-hybridized carbons (Fsp3) is 0.395. The molecule has 3 aromatic heterocycles. The minimum Gasteiger partial charge on any atom is -0.512 e. The maximum atomic E-state index is 12.2. The number of ketones is 1. The Balaban J connectivity index is 0.000000260. The van der Waals surface area contributed by atoms with Crippen LogP contribution < -0.4 is 0 Å². The summed E-state index contributed by atoms with van der Waals surface area (Å²) in [6, 6.07) is 23.0. The molecule has 0 unspecified atom stereocenters. The van der Waals surface area contributed by atoms with Gasteiger partial charge in [-0.05, 0) is 62.3 Å². The van der Waals surface area contributed by atoms with E-state index in [0.29, 0.717) is 0 Å². The van der Waals surface area contributed by atoms with Gasteiger partial charge in [-0.3, -0.25) is 9.78 Å². The van der Waals surface area contributed by atoms with E-state index in [1.165, 1.54) is 32.0 Å². The predicted octanol–water partition coefficient (Wildman–Crippen LogP) is 13.1. The van der Waals surface area contributed by atoms with Crippen molar-refractivity contribution < 1.29 is 34.4 Å². The summed E-state index contributed by atoms with van der Waals surface area (Å²) in [4.78, 5) is 18.2. The van der Waals surface area contributed by atoms with Gasteiger partial charge in [0.1, 0.15) is 16.9 Å². The molecule has 49 heavy (non-hydrogen) atoms. The number of hydrogen-bond donors (Lipinski definition) is 1. The zero-order chi connectivity index (χ0) is 35.0. The molecule has 0 spiro atoms. The SMILES string of the molecule is CCC(C)(CC)C(=O)/C=C(\O)C(C)(CC)CC.Cc1cc2c(ccc3c4ccnc(-c5[c-]c6ccccc6c(C(C)(C)C)c5)c4oc23)s1.[Ir]. The van der Waals surface area contributed by atoms with Gasteiger partial charge in [0, 0.05) is 74.6 Å². The number of benzene rings is 3. The van der Waals surface area contributed by atoms with E-state index >= 15 is 0 Å². The minimum absolute atomic E-state index is 0. The average Bonchev–Trinajstić information content (AvgIpc) is 3.66. The van der Waals surface area contributed by atoms with Crippen LogP contribution in [0.25, 0.3) is 54.1 Å². The molecule has 0 bridgehead atoms. The van der Waals surface area contributed by atoms with E-state index in [4.69, 9.17) is 9.40 Å². The van der Waals surface area contributed by atoms with Crippen LogP contribution in [0.2, 0.25) is 0 Å². The van der Waals surface area contributed by atoms with Crippen molar-refractivity contribution in [3.05, 3.63) is 89.1 Å². The molecule has 6 rings (SSSR count). The fourth-order valence-electron chi connectivity index (χ4n) is 6.25. The molecule has 0 amide bonds. The van der Waals surface area contributed by atoms with Gasteiger partial charge < -0.3 is 9.52 Å². The molecule has 1 N–H and O–H groups in total. The van der Waals surface area contributed by atoms with Crippen LogP contribution in [0.4, 0.5) is 0 Å². The average molecular weight is 853 g/mol. The van der Waals surface area contributed by atoms with Crippen LogP contribution in [-0.2, 0) is 30.3 Å². The largest absolute Gasteiger partial charge is 0.512 e. The van der Waals surface area contributed by atoms with Crippen molar-refractivity contribution in [3.63, 3.8) is 0 Å². The Morgan fingerprint density at radius 2 is 1.47 bits per heavy atom. The maximum absolute atomic E-state index is 12.2. The number of hydrogen-bond acceptors (Lipinski definition) is 5. The van der Waals surface area contributed by atoms with Gasteiger partial charge in [-0.25, -0.2) is 0 Å². The summed E-state index contributed by atoms with van der Waals surface area (Å²) in [6.07, 6.45) is 6.64. The van der Waals surface area contributed by atoms with Crippen LogP contribution in [0.1, 0.15) is 98.4 Å². The van der Waals surface area contributed by atoms with Gasteiger partial charge in [-0.15, -0.1) is 40.5 Å².